The van der Waals surface area contributed by atoms with Gasteiger partial charge in [0.2, 0.25) is 0 Å². The van der Waals surface area contributed by atoms with Gasteiger partial charge in [0.1, 0.15) is 12.4 Å². The van der Waals surface area contributed by atoms with Crippen LogP contribution in [0.4, 0.5) is 0 Å². The monoisotopic (exact) mass is 339 g/mol. The molecule has 1 saturated carbocycles. The molecule has 7 heteroatoms. The Morgan fingerprint density at radius 1 is 1.26 bits per heavy atom. The smallest absolute Gasteiger partial charge is 0.188 e. The molecule has 3 N–H and O–H groups in total. The molecular formula is C16H25N3O3S. The van der Waals surface area contributed by atoms with Crippen LogP contribution in [0.1, 0.15) is 32.1 Å². The van der Waals surface area contributed by atoms with E-state index in [1.165, 1.54) is 37.7 Å². The first-order chi connectivity index (χ1) is 10.9. The van der Waals surface area contributed by atoms with Gasteiger partial charge in [-0.2, -0.15) is 0 Å². The van der Waals surface area contributed by atoms with Gasteiger partial charge >= 0.3 is 0 Å². The number of guanidine groups is 1. The summed E-state index contributed by atoms with van der Waals surface area (Å²) in [6.45, 7) is 0.852. The zero-order valence-electron chi connectivity index (χ0n) is 13.5. The quantitative estimate of drug-likeness (QED) is 0.467. The highest BCUT2D eigenvalue weighted by molar-refractivity contribution is 7.90. The number of hydrogen-bond donors (Lipinski definition) is 2. The van der Waals surface area contributed by atoms with Gasteiger partial charge in [-0.1, -0.05) is 19.3 Å². The van der Waals surface area contributed by atoms with Crippen LogP contribution in [-0.4, -0.2) is 39.8 Å². The van der Waals surface area contributed by atoms with E-state index in [1.54, 1.807) is 12.1 Å². The number of nitrogens with one attached hydrogen (secondary N) is 1. The maximum Gasteiger partial charge on any atom is 0.188 e. The van der Waals surface area contributed by atoms with Crippen LogP contribution in [0, 0.1) is 0 Å². The first-order valence-corrected chi connectivity index (χ1v) is 9.83. The molecule has 23 heavy (non-hydrogen) atoms. The lowest BCUT2D eigenvalue weighted by molar-refractivity contribution is 0.328. The number of nitrogens with zero attached hydrogens (tertiary/aromatic N) is 1. The zero-order chi connectivity index (χ0) is 16.7. The van der Waals surface area contributed by atoms with E-state index in [1.807, 2.05) is 0 Å². The van der Waals surface area contributed by atoms with Crippen LogP contribution in [-0.2, 0) is 9.84 Å². The normalized spacial score (nSPS) is 17.0. The molecule has 2 rings (SSSR count). The Labute approximate surface area is 138 Å². The highest BCUT2D eigenvalue weighted by Gasteiger charge is 2.13. The van der Waals surface area contributed by atoms with Gasteiger partial charge in [0, 0.05) is 12.3 Å². The summed E-state index contributed by atoms with van der Waals surface area (Å²) >= 11 is 0. The molecule has 1 fully saturated rings. The Morgan fingerprint density at radius 2 is 1.91 bits per heavy atom. The number of rotatable bonds is 6. The van der Waals surface area contributed by atoms with Crippen LogP contribution in [0.3, 0.4) is 0 Å². The SMILES string of the molecule is CS(=O)(=O)c1ccc(OCCN=C(N)NC2CCCCC2)cc1. The molecule has 0 heterocycles. The van der Waals surface area contributed by atoms with Crippen LogP contribution < -0.4 is 15.8 Å². The Kier molecular flexibility index (Phi) is 6.27. The first-order valence-electron chi connectivity index (χ1n) is 7.94. The number of sulfone groups is 1. The summed E-state index contributed by atoms with van der Waals surface area (Å²) in [6, 6.07) is 6.80. The first kappa shape index (κ1) is 17.6. The average Bonchev–Trinajstić information content (AvgIpc) is 2.52. The van der Waals surface area contributed by atoms with Crippen molar-refractivity contribution in [3.05, 3.63) is 24.3 Å². The van der Waals surface area contributed by atoms with Crippen molar-refractivity contribution >= 4 is 15.8 Å². The van der Waals surface area contributed by atoms with Crippen LogP contribution in [0.2, 0.25) is 0 Å². The van der Waals surface area contributed by atoms with Crippen molar-refractivity contribution in [3.63, 3.8) is 0 Å². The number of benzene rings is 1. The fourth-order valence-electron chi connectivity index (χ4n) is 2.61. The predicted molar refractivity (Wildman–Crippen MR) is 91.5 cm³/mol. The molecule has 6 nitrogen and oxygen atoms in total. The predicted octanol–water partition coefficient (Wildman–Crippen LogP) is 1.71. The number of aliphatic imine (C=N–C) groups is 1. The number of ether oxygens (including phenoxy) is 1. The number of hydrogen-bond acceptors (Lipinski definition) is 4. The minimum absolute atomic E-state index is 0.281. The van der Waals surface area contributed by atoms with Crippen LogP contribution in [0.25, 0.3) is 0 Å². The van der Waals surface area contributed by atoms with Crippen molar-refractivity contribution < 1.29 is 13.2 Å². The minimum Gasteiger partial charge on any atom is -0.492 e. The van der Waals surface area contributed by atoms with Crippen LogP contribution in [0.5, 0.6) is 5.75 Å². The summed E-state index contributed by atoms with van der Waals surface area (Å²) < 4.78 is 28.3. The fourth-order valence-corrected chi connectivity index (χ4v) is 3.24. The zero-order valence-corrected chi connectivity index (χ0v) is 14.3. The van der Waals surface area contributed by atoms with Crippen molar-refractivity contribution in [2.45, 2.75) is 43.0 Å². The van der Waals surface area contributed by atoms with E-state index >= 15 is 0 Å². The molecular weight excluding hydrogens is 314 g/mol. The molecule has 1 aliphatic carbocycles. The minimum atomic E-state index is -3.17. The van der Waals surface area contributed by atoms with Gasteiger partial charge in [0.15, 0.2) is 15.8 Å². The lowest BCUT2D eigenvalue weighted by atomic mass is 9.96. The van der Waals surface area contributed by atoms with Crippen molar-refractivity contribution in [1.82, 2.24) is 5.32 Å². The lowest BCUT2D eigenvalue weighted by Gasteiger charge is -2.23. The third kappa shape index (κ3) is 6.09. The topological polar surface area (TPSA) is 93.8 Å². The molecule has 0 bridgehead atoms. The Bertz CT molecular complexity index is 620. The molecule has 1 aliphatic rings. The third-order valence-corrected chi connectivity index (χ3v) is 4.98. The van der Waals surface area contributed by atoms with Gasteiger partial charge in [0.25, 0.3) is 0 Å². The van der Waals surface area contributed by atoms with Crippen molar-refractivity contribution in [1.29, 1.82) is 0 Å². The van der Waals surface area contributed by atoms with E-state index in [4.69, 9.17) is 10.5 Å². The summed E-state index contributed by atoms with van der Waals surface area (Å²) in [5.74, 6) is 1.08. The van der Waals surface area contributed by atoms with Crippen molar-refractivity contribution in [2.75, 3.05) is 19.4 Å². The highest BCUT2D eigenvalue weighted by Crippen LogP contribution is 2.17. The van der Waals surface area contributed by atoms with Gasteiger partial charge in [-0.05, 0) is 37.1 Å². The molecule has 0 amide bonds. The van der Waals surface area contributed by atoms with Gasteiger partial charge in [0.05, 0.1) is 11.4 Å². The van der Waals surface area contributed by atoms with Crippen LogP contribution in [0.15, 0.2) is 34.2 Å². The summed E-state index contributed by atoms with van der Waals surface area (Å²) in [4.78, 5) is 4.53. The van der Waals surface area contributed by atoms with E-state index in [9.17, 15) is 8.42 Å². The summed E-state index contributed by atoms with van der Waals surface area (Å²) in [6.07, 6.45) is 7.29. The lowest BCUT2D eigenvalue weighted by Crippen LogP contribution is -2.41. The summed E-state index contributed by atoms with van der Waals surface area (Å²) in [7, 11) is -3.17. The van der Waals surface area contributed by atoms with E-state index in [-0.39, 0.29) is 4.90 Å². The van der Waals surface area contributed by atoms with Gasteiger partial charge in [-0.25, -0.2) is 13.4 Å². The second-order valence-corrected chi connectivity index (χ2v) is 7.85. The largest absolute Gasteiger partial charge is 0.492 e. The third-order valence-electron chi connectivity index (χ3n) is 3.85. The second kappa shape index (κ2) is 8.19. The van der Waals surface area contributed by atoms with Crippen molar-refractivity contribution in [3.8, 4) is 5.75 Å². The van der Waals surface area contributed by atoms with Gasteiger partial charge in [-0.3, -0.25) is 0 Å². The molecule has 1 aromatic carbocycles. The molecule has 0 radical (unpaired) electrons. The summed E-state index contributed by atoms with van der Waals surface area (Å²) in [5, 5.41) is 3.25. The maximum absolute atomic E-state index is 11.4. The Balaban J connectivity index is 1.72. The highest BCUT2D eigenvalue weighted by atomic mass is 32.2. The van der Waals surface area contributed by atoms with E-state index in [2.05, 4.69) is 10.3 Å². The Hall–Kier alpha value is -1.76. The molecule has 0 aromatic heterocycles. The molecule has 0 saturated heterocycles. The standard InChI is InChI=1S/C16H25N3O3S/c1-23(20,21)15-9-7-14(8-10-15)22-12-11-18-16(17)19-13-5-3-2-4-6-13/h7-10,13H,2-6,11-12H2,1H3,(H3,17,18,19). The molecule has 0 aliphatic heterocycles. The van der Waals surface area contributed by atoms with E-state index in [0.29, 0.717) is 30.9 Å². The van der Waals surface area contributed by atoms with E-state index < -0.39 is 9.84 Å². The molecule has 0 unspecified atom stereocenters. The van der Waals surface area contributed by atoms with Gasteiger partial charge in [-0.15, -0.1) is 0 Å². The van der Waals surface area contributed by atoms with Gasteiger partial charge < -0.3 is 15.8 Å². The Morgan fingerprint density at radius 3 is 2.52 bits per heavy atom. The van der Waals surface area contributed by atoms with Crippen LogP contribution >= 0.6 is 0 Å². The van der Waals surface area contributed by atoms with E-state index in [0.717, 1.165) is 12.8 Å². The molecule has 0 spiro atoms. The molecule has 128 valence electrons. The maximum atomic E-state index is 11.4. The fraction of sp³-hybridized carbons (Fsp3) is 0.562. The summed E-state index contributed by atoms with van der Waals surface area (Å²) in [5.41, 5.74) is 5.87. The molecule has 0 atom stereocenters. The van der Waals surface area contributed by atoms with Crippen molar-refractivity contribution in [2.24, 2.45) is 10.7 Å². The molecule has 1 aromatic rings. The average molecular weight is 339 g/mol. The number of nitrogens with two attached hydrogens (primary N) is 1. The second-order valence-electron chi connectivity index (χ2n) is 5.84.